The van der Waals surface area contributed by atoms with Gasteiger partial charge >= 0.3 is 0 Å². The van der Waals surface area contributed by atoms with Gasteiger partial charge in [-0.3, -0.25) is 19.7 Å². The number of aryl methyl sites for hydroxylation is 1. The number of carbonyl (C=O) groups excluding carboxylic acids is 3. The number of carbonyl (C=O) groups is 3. The van der Waals surface area contributed by atoms with Crippen LogP contribution in [-0.4, -0.2) is 34.2 Å². The van der Waals surface area contributed by atoms with Crippen molar-refractivity contribution in [2.45, 2.75) is 19.9 Å². The van der Waals surface area contributed by atoms with Crippen molar-refractivity contribution in [3.63, 3.8) is 0 Å². The zero-order valence-corrected chi connectivity index (χ0v) is 18.5. The number of rotatable bonds is 7. The first-order chi connectivity index (χ1) is 15.9. The highest BCUT2D eigenvalue weighted by molar-refractivity contribution is 6.08. The third-order valence-corrected chi connectivity index (χ3v) is 5.39. The van der Waals surface area contributed by atoms with Crippen LogP contribution in [0.3, 0.4) is 0 Å². The number of para-hydroxylation sites is 1. The van der Waals surface area contributed by atoms with E-state index in [1.807, 2.05) is 36.4 Å². The maximum atomic E-state index is 13.0. The molecular weight excluding hydrogens is 416 g/mol. The van der Waals surface area contributed by atoms with Crippen LogP contribution >= 0.6 is 0 Å². The van der Waals surface area contributed by atoms with E-state index in [2.05, 4.69) is 10.3 Å². The average molecular weight is 441 g/mol. The van der Waals surface area contributed by atoms with Crippen molar-refractivity contribution >= 4 is 40.3 Å². The molecule has 0 bridgehead atoms. The van der Waals surface area contributed by atoms with Gasteiger partial charge in [0, 0.05) is 36.8 Å². The lowest BCUT2D eigenvalue weighted by Crippen LogP contribution is -2.26. The van der Waals surface area contributed by atoms with Gasteiger partial charge in [-0.1, -0.05) is 36.4 Å². The largest absolute Gasteiger partial charge is 0.311 e. The van der Waals surface area contributed by atoms with E-state index in [0.29, 0.717) is 35.6 Å². The Morgan fingerprint density at radius 2 is 1.58 bits per heavy atom. The van der Waals surface area contributed by atoms with Gasteiger partial charge in [0.15, 0.2) is 0 Å². The van der Waals surface area contributed by atoms with E-state index in [4.69, 9.17) is 0 Å². The predicted octanol–water partition coefficient (Wildman–Crippen LogP) is 4.54. The van der Waals surface area contributed by atoms with Crippen molar-refractivity contribution in [1.29, 1.82) is 0 Å². The Kier molecular flexibility index (Phi) is 6.31. The van der Waals surface area contributed by atoms with Crippen LogP contribution in [0.1, 0.15) is 34.1 Å². The summed E-state index contributed by atoms with van der Waals surface area (Å²) >= 11 is 0. The molecule has 1 heterocycles. The molecular formula is C26H24N4O3. The Balaban J connectivity index is 1.68. The minimum atomic E-state index is -0.296. The Hall–Kier alpha value is -4.26. The summed E-state index contributed by atoms with van der Waals surface area (Å²) in [6, 6.07) is 23.5. The fraction of sp³-hybridized carbons (Fsp3) is 0.154. The first kappa shape index (κ1) is 22.0. The van der Waals surface area contributed by atoms with Crippen molar-refractivity contribution in [3.8, 4) is 0 Å². The summed E-state index contributed by atoms with van der Waals surface area (Å²) in [5, 5.41) is 2.84. The number of nitrogens with zero attached hydrogens (tertiary/aromatic N) is 3. The maximum absolute atomic E-state index is 13.0. The van der Waals surface area contributed by atoms with E-state index in [-0.39, 0.29) is 17.6 Å². The van der Waals surface area contributed by atoms with Crippen molar-refractivity contribution in [2.24, 2.45) is 0 Å². The number of Topliss-reactive ketones (excluding diaryl/α,β-unsaturated/α-hetero) is 1. The van der Waals surface area contributed by atoms with E-state index >= 15 is 0 Å². The third kappa shape index (κ3) is 4.82. The SMILES string of the molecule is CC(=O)CCn1c(NC(=O)c2ccccc2)nc2cc(C(=O)N(C)c3ccccc3)ccc21. The highest BCUT2D eigenvalue weighted by Crippen LogP contribution is 2.24. The molecule has 0 spiro atoms. The number of ketones is 1. The van der Waals surface area contributed by atoms with Gasteiger partial charge in [-0.2, -0.15) is 0 Å². The van der Waals surface area contributed by atoms with E-state index in [1.54, 1.807) is 59.0 Å². The van der Waals surface area contributed by atoms with Gasteiger partial charge in [0.25, 0.3) is 11.8 Å². The number of hydrogen-bond acceptors (Lipinski definition) is 4. The molecule has 33 heavy (non-hydrogen) atoms. The summed E-state index contributed by atoms with van der Waals surface area (Å²) in [6.07, 6.45) is 0.303. The number of imidazole rings is 1. The van der Waals surface area contributed by atoms with Crippen molar-refractivity contribution in [1.82, 2.24) is 9.55 Å². The van der Waals surface area contributed by atoms with E-state index in [9.17, 15) is 14.4 Å². The summed E-state index contributed by atoms with van der Waals surface area (Å²) in [5.74, 6) is -0.0964. The summed E-state index contributed by atoms with van der Waals surface area (Å²) in [5.41, 5.74) is 3.06. The summed E-state index contributed by atoms with van der Waals surface area (Å²) in [7, 11) is 1.72. The fourth-order valence-electron chi connectivity index (χ4n) is 3.58. The quantitative estimate of drug-likeness (QED) is 0.457. The topological polar surface area (TPSA) is 84.3 Å². The molecule has 3 aromatic carbocycles. The predicted molar refractivity (Wildman–Crippen MR) is 129 cm³/mol. The molecule has 4 rings (SSSR count). The minimum Gasteiger partial charge on any atom is -0.311 e. The number of amides is 2. The van der Waals surface area contributed by atoms with Gasteiger partial charge in [-0.25, -0.2) is 4.98 Å². The van der Waals surface area contributed by atoms with E-state index in [1.165, 1.54) is 6.92 Å². The van der Waals surface area contributed by atoms with Crippen LogP contribution in [0.5, 0.6) is 0 Å². The third-order valence-electron chi connectivity index (χ3n) is 5.39. The molecule has 0 aliphatic carbocycles. The molecule has 0 saturated heterocycles. The Morgan fingerprint density at radius 1 is 0.909 bits per heavy atom. The van der Waals surface area contributed by atoms with Gasteiger partial charge < -0.3 is 9.47 Å². The van der Waals surface area contributed by atoms with Gasteiger partial charge in [-0.05, 0) is 49.4 Å². The van der Waals surface area contributed by atoms with Crippen molar-refractivity contribution in [2.75, 3.05) is 17.3 Å². The van der Waals surface area contributed by atoms with Crippen LogP contribution in [0.2, 0.25) is 0 Å². The minimum absolute atomic E-state index is 0.0356. The van der Waals surface area contributed by atoms with E-state index in [0.717, 1.165) is 11.2 Å². The fourth-order valence-corrected chi connectivity index (χ4v) is 3.58. The molecule has 0 atom stereocenters. The first-order valence-electron chi connectivity index (χ1n) is 10.6. The standard InChI is InChI=1S/C26H24N4O3/c1-18(31)15-16-30-23-14-13-20(25(33)29(2)21-11-7-4-8-12-21)17-22(23)27-26(30)28-24(32)19-9-5-3-6-10-19/h3-14,17H,15-16H2,1-2H3,(H,27,28,32). The van der Waals surface area contributed by atoms with Crippen LogP contribution in [-0.2, 0) is 11.3 Å². The molecule has 0 unspecified atom stereocenters. The van der Waals surface area contributed by atoms with Crippen LogP contribution in [0.4, 0.5) is 11.6 Å². The molecule has 0 aliphatic heterocycles. The normalized spacial score (nSPS) is 10.7. The highest BCUT2D eigenvalue weighted by Gasteiger charge is 2.18. The number of nitrogens with one attached hydrogen (secondary N) is 1. The second-order valence-corrected chi connectivity index (χ2v) is 7.76. The number of hydrogen-bond donors (Lipinski definition) is 1. The van der Waals surface area contributed by atoms with Crippen LogP contribution in [0.15, 0.2) is 78.9 Å². The zero-order chi connectivity index (χ0) is 23.4. The van der Waals surface area contributed by atoms with Gasteiger partial charge in [0.2, 0.25) is 5.95 Å². The Labute approximate surface area is 191 Å². The van der Waals surface area contributed by atoms with Crippen molar-refractivity contribution < 1.29 is 14.4 Å². The lowest BCUT2D eigenvalue weighted by Gasteiger charge is -2.17. The smallest absolute Gasteiger partial charge is 0.258 e. The van der Waals surface area contributed by atoms with Crippen molar-refractivity contribution in [3.05, 3.63) is 90.0 Å². The lowest BCUT2D eigenvalue weighted by atomic mass is 10.1. The molecule has 1 N–H and O–H groups in total. The second kappa shape index (κ2) is 9.48. The lowest BCUT2D eigenvalue weighted by molar-refractivity contribution is -0.117. The zero-order valence-electron chi connectivity index (χ0n) is 18.5. The highest BCUT2D eigenvalue weighted by atomic mass is 16.2. The second-order valence-electron chi connectivity index (χ2n) is 7.76. The summed E-state index contributed by atoms with van der Waals surface area (Å²) in [4.78, 5) is 43.5. The molecule has 0 aliphatic rings. The Morgan fingerprint density at radius 3 is 2.24 bits per heavy atom. The Bertz CT molecular complexity index is 1310. The first-order valence-corrected chi connectivity index (χ1v) is 10.6. The van der Waals surface area contributed by atoms with E-state index < -0.39 is 0 Å². The molecule has 2 amide bonds. The number of fused-ring (bicyclic) bond motifs is 1. The summed E-state index contributed by atoms with van der Waals surface area (Å²) < 4.78 is 1.80. The molecule has 166 valence electrons. The number of aromatic nitrogens is 2. The van der Waals surface area contributed by atoms with Gasteiger partial charge in [-0.15, -0.1) is 0 Å². The molecule has 0 saturated carbocycles. The van der Waals surface area contributed by atoms with Crippen LogP contribution in [0, 0.1) is 0 Å². The maximum Gasteiger partial charge on any atom is 0.258 e. The van der Waals surface area contributed by atoms with Crippen LogP contribution < -0.4 is 10.2 Å². The van der Waals surface area contributed by atoms with Crippen LogP contribution in [0.25, 0.3) is 11.0 Å². The molecule has 0 radical (unpaired) electrons. The molecule has 1 aromatic heterocycles. The number of benzene rings is 3. The number of anilines is 2. The summed E-state index contributed by atoms with van der Waals surface area (Å²) in [6.45, 7) is 1.89. The molecule has 7 heteroatoms. The van der Waals surface area contributed by atoms with Gasteiger partial charge in [0.05, 0.1) is 11.0 Å². The van der Waals surface area contributed by atoms with Gasteiger partial charge in [0.1, 0.15) is 5.78 Å². The monoisotopic (exact) mass is 440 g/mol. The molecule has 7 nitrogen and oxygen atoms in total. The molecule has 4 aromatic rings. The molecule has 0 fully saturated rings. The average Bonchev–Trinajstić information content (AvgIpc) is 3.18.